The van der Waals surface area contributed by atoms with E-state index in [4.69, 9.17) is 4.74 Å². The van der Waals surface area contributed by atoms with E-state index < -0.39 is 10.0 Å². The van der Waals surface area contributed by atoms with Gasteiger partial charge >= 0.3 is 0 Å². The molecule has 88 valence electrons. The quantitative estimate of drug-likeness (QED) is 0.697. The molecule has 1 saturated heterocycles. The van der Waals surface area contributed by atoms with Crippen LogP contribution in [0, 0.1) is 0 Å². The van der Waals surface area contributed by atoms with Gasteiger partial charge in [0.05, 0.1) is 19.8 Å². The van der Waals surface area contributed by atoms with Gasteiger partial charge in [0, 0.05) is 25.5 Å². The van der Waals surface area contributed by atoms with Crippen LogP contribution in [0.4, 0.5) is 0 Å². The lowest BCUT2D eigenvalue weighted by Crippen LogP contribution is -2.50. The Morgan fingerprint density at radius 2 is 2.19 bits per heavy atom. The molecule has 2 aliphatic heterocycles. The van der Waals surface area contributed by atoms with Crippen molar-refractivity contribution in [2.45, 2.75) is 18.3 Å². The lowest BCUT2D eigenvalue weighted by molar-refractivity contribution is 0.0387. The Morgan fingerprint density at radius 1 is 1.38 bits per heavy atom. The van der Waals surface area contributed by atoms with Crippen LogP contribution in [0.1, 0.15) is 5.82 Å². The second-order valence-corrected chi connectivity index (χ2v) is 6.29. The molecule has 1 aromatic heterocycles. The first-order valence-corrected chi connectivity index (χ1v) is 6.75. The zero-order valence-corrected chi connectivity index (χ0v) is 9.56. The van der Waals surface area contributed by atoms with Gasteiger partial charge in [-0.3, -0.25) is 0 Å². The van der Waals surface area contributed by atoms with Gasteiger partial charge in [-0.25, -0.2) is 13.4 Å². The lowest BCUT2D eigenvalue weighted by Gasteiger charge is -2.34. The first-order valence-electron chi connectivity index (χ1n) is 5.24. The van der Waals surface area contributed by atoms with E-state index in [0.717, 1.165) is 5.82 Å². The van der Waals surface area contributed by atoms with Gasteiger partial charge in [-0.2, -0.15) is 4.31 Å². The summed E-state index contributed by atoms with van der Waals surface area (Å²) in [5.74, 6) is 0.815. The van der Waals surface area contributed by atoms with E-state index in [9.17, 15) is 8.42 Å². The number of rotatable bonds is 2. The van der Waals surface area contributed by atoms with Gasteiger partial charge in [0.1, 0.15) is 11.1 Å². The van der Waals surface area contributed by atoms with Crippen molar-refractivity contribution < 1.29 is 13.2 Å². The maximum absolute atomic E-state index is 12.1. The number of ether oxygens (including phenoxy) is 1. The number of imidazole rings is 1. The minimum Gasteiger partial charge on any atom is -0.378 e. The standard InChI is InChI=1S/C9H13N3O3S/c13-16(14,8-6-15-7-8)12-4-3-11-2-1-10-9(11)5-12/h1-2,8H,3-7H2. The number of hydrogen-bond donors (Lipinski definition) is 0. The minimum atomic E-state index is -3.19. The highest BCUT2D eigenvalue weighted by Crippen LogP contribution is 2.21. The summed E-state index contributed by atoms with van der Waals surface area (Å²) in [6.07, 6.45) is 3.59. The van der Waals surface area contributed by atoms with Gasteiger partial charge in [-0.05, 0) is 0 Å². The van der Waals surface area contributed by atoms with Crippen molar-refractivity contribution in [2.75, 3.05) is 19.8 Å². The molecule has 0 unspecified atom stereocenters. The molecule has 1 aromatic rings. The SMILES string of the molecule is O=S(=O)(C1COC1)N1CCn2ccnc2C1. The van der Waals surface area contributed by atoms with Crippen molar-refractivity contribution in [3.05, 3.63) is 18.2 Å². The number of sulfonamides is 1. The fourth-order valence-corrected chi connectivity index (χ4v) is 3.55. The van der Waals surface area contributed by atoms with E-state index in [1.807, 2.05) is 10.8 Å². The van der Waals surface area contributed by atoms with Crippen LogP contribution in [-0.4, -0.2) is 47.3 Å². The average Bonchev–Trinajstić information content (AvgIpc) is 2.60. The van der Waals surface area contributed by atoms with Crippen LogP contribution in [0.15, 0.2) is 12.4 Å². The van der Waals surface area contributed by atoms with Crippen molar-refractivity contribution in [3.8, 4) is 0 Å². The first kappa shape index (κ1) is 10.2. The molecule has 0 aliphatic carbocycles. The molecular formula is C9H13N3O3S. The molecule has 2 aliphatic rings. The third kappa shape index (κ3) is 1.47. The fraction of sp³-hybridized carbons (Fsp3) is 0.667. The summed E-state index contributed by atoms with van der Waals surface area (Å²) in [5.41, 5.74) is 0. The molecule has 0 amide bonds. The summed E-state index contributed by atoms with van der Waals surface area (Å²) in [6, 6.07) is 0. The second kappa shape index (κ2) is 3.54. The Hall–Kier alpha value is -0.920. The third-order valence-electron chi connectivity index (χ3n) is 3.10. The van der Waals surface area contributed by atoms with Gasteiger partial charge in [0.15, 0.2) is 0 Å². The monoisotopic (exact) mass is 243 g/mol. The maximum atomic E-state index is 12.1. The van der Waals surface area contributed by atoms with Gasteiger partial charge in [-0.15, -0.1) is 0 Å². The average molecular weight is 243 g/mol. The van der Waals surface area contributed by atoms with Gasteiger partial charge < -0.3 is 9.30 Å². The number of nitrogens with zero attached hydrogens (tertiary/aromatic N) is 3. The maximum Gasteiger partial charge on any atom is 0.222 e. The Bertz CT molecular complexity index is 492. The Labute approximate surface area is 93.9 Å². The minimum absolute atomic E-state index is 0.327. The largest absolute Gasteiger partial charge is 0.378 e. The lowest BCUT2D eigenvalue weighted by atomic mass is 10.4. The third-order valence-corrected chi connectivity index (χ3v) is 5.24. The first-order chi connectivity index (χ1) is 7.68. The van der Waals surface area contributed by atoms with Crippen molar-refractivity contribution in [2.24, 2.45) is 0 Å². The molecule has 0 bridgehead atoms. The van der Waals surface area contributed by atoms with Crippen molar-refractivity contribution in [3.63, 3.8) is 0 Å². The van der Waals surface area contributed by atoms with E-state index in [-0.39, 0.29) is 5.25 Å². The zero-order chi connectivity index (χ0) is 11.2. The Kier molecular flexibility index (Phi) is 2.27. The van der Waals surface area contributed by atoms with E-state index >= 15 is 0 Å². The normalized spacial score (nSPS) is 22.8. The van der Waals surface area contributed by atoms with E-state index in [1.54, 1.807) is 6.20 Å². The van der Waals surface area contributed by atoms with Crippen LogP contribution in [0.25, 0.3) is 0 Å². The topological polar surface area (TPSA) is 64.4 Å². The molecule has 0 atom stereocenters. The summed E-state index contributed by atoms with van der Waals surface area (Å²) in [5, 5.41) is -0.353. The van der Waals surface area contributed by atoms with Crippen LogP contribution >= 0.6 is 0 Å². The summed E-state index contributed by atoms with van der Waals surface area (Å²) >= 11 is 0. The molecule has 3 rings (SSSR count). The molecule has 0 saturated carbocycles. The smallest absolute Gasteiger partial charge is 0.222 e. The van der Waals surface area contributed by atoms with Crippen LogP contribution in [-0.2, 0) is 27.8 Å². The number of fused-ring (bicyclic) bond motifs is 1. The van der Waals surface area contributed by atoms with Gasteiger partial charge in [0.2, 0.25) is 10.0 Å². The molecule has 3 heterocycles. The zero-order valence-electron chi connectivity index (χ0n) is 8.74. The molecule has 0 radical (unpaired) electrons. The van der Waals surface area contributed by atoms with Crippen LogP contribution in [0.2, 0.25) is 0 Å². The van der Waals surface area contributed by atoms with Crippen molar-refractivity contribution in [1.82, 2.24) is 13.9 Å². The molecule has 1 fully saturated rings. The molecular weight excluding hydrogens is 230 g/mol. The molecule has 0 aromatic carbocycles. The van der Waals surface area contributed by atoms with Crippen LogP contribution < -0.4 is 0 Å². The van der Waals surface area contributed by atoms with Crippen LogP contribution in [0.5, 0.6) is 0 Å². The summed E-state index contributed by atoms with van der Waals surface area (Å²) < 4.78 is 32.7. The Balaban J connectivity index is 1.83. The predicted molar refractivity (Wildman–Crippen MR) is 56.2 cm³/mol. The van der Waals surface area contributed by atoms with E-state index in [1.165, 1.54) is 4.31 Å². The van der Waals surface area contributed by atoms with E-state index in [0.29, 0.717) is 32.8 Å². The van der Waals surface area contributed by atoms with Crippen molar-refractivity contribution in [1.29, 1.82) is 0 Å². The second-order valence-electron chi connectivity index (χ2n) is 4.07. The van der Waals surface area contributed by atoms with Gasteiger partial charge in [0.25, 0.3) is 0 Å². The molecule has 7 heteroatoms. The summed E-state index contributed by atoms with van der Waals surface area (Å²) in [7, 11) is -3.19. The van der Waals surface area contributed by atoms with E-state index in [2.05, 4.69) is 4.98 Å². The number of aromatic nitrogens is 2. The number of hydrogen-bond acceptors (Lipinski definition) is 4. The molecule has 16 heavy (non-hydrogen) atoms. The van der Waals surface area contributed by atoms with Crippen molar-refractivity contribution >= 4 is 10.0 Å². The summed E-state index contributed by atoms with van der Waals surface area (Å²) in [4.78, 5) is 4.15. The Morgan fingerprint density at radius 3 is 2.88 bits per heavy atom. The van der Waals surface area contributed by atoms with Crippen LogP contribution in [0.3, 0.4) is 0 Å². The van der Waals surface area contributed by atoms with Gasteiger partial charge in [-0.1, -0.05) is 0 Å². The fourth-order valence-electron chi connectivity index (χ4n) is 1.97. The molecule has 0 N–H and O–H groups in total. The summed E-state index contributed by atoms with van der Waals surface area (Å²) in [6.45, 7) is 2.25. The molecule has 0 spiro atoms. The molecule has 6 nitrogen and oxygen atoms in total. The highest BCUT2D eigenvalue weighted by atomic mass is 32.2. The highest BCUT2D eigenvalue weighted by Gasteiger charge is 2.38. The predicted octanol–water partition coefficient (Wildman–Crippen LogP) is -0.573. The highest BCUT2D eigenvalue weighted by molar-refractivity contribution is 7.89.